The molecule has 1 aromatic rings. The molecule has 94 valence electrons. The van der Waals surface area contributed by atoms with Crippen molar-refractivity contribution in [3.8, 4) is 0 Å². The molecule has 2 atom stereocenters. The number of nitrogens with two attached hydrogens (primary N) is 1. The molecular formula is C15H24N2. The molecule has 0 saturated heterocycles. The Morgan fingerprint density at radius 2 is 1.94 bits per heavy atom. The summed E-state index contributed by atoms with van der Waals surface area (Å²) < 4.78 is 0. The maximum Gasteiger partial charge on any atom is 0.0206 e. The first-order chi connectivity index (χ1) is 8.25. The zero-order chi connectivity index (χ0) is 12.1. The highest BCUT2D eigenvalue weighted by atomic mass is 14.9. The van der Waals surface area contributed by atoms with E-state index in [4.69, 9.17) is 5.73 Å². The maximum atomic E-state index is 6.12. The van der Waals surface area contributed by atoms with E-state index in [0.717, 1.165) is 31.3 Å². The molecule has 2 rings (SSSR count). The van der Waals surface area contributed by atoms with Gasteiger partial charge in [0.05, 0.1) is 0 Å². The minimum Gasteiger partial charge on any atom is -0.326 e. The van der Waals surface area contributed by atoms with Crippen LogP contribution in [-0.2, 0) is 6.42 Å². The summed E-state index contributed by atoms with van der Waals surface area (Å²) in [5.74, 6) is 1.80. The Balaban J connectivity index is 1.62. The van der Waals surface area contributed by atoms with Gasteiger partial charge in [-0.05, 0) is 43.2 Å². The van der Waals surface area contributed by atoms with E-state index in [1.165, 1.54) is 18.4 Å². The number of hydrogen-bond donors (Lipinski definition) is 2. The SMILES string of the molecule is CC(CNCC(N)Cc1ccccc1)C1CC1. The highest BCUT2D eigenvalue weighted by Crippen LogP contribution is 2.35. The predicted octanol–water partition coefficient (Wildman–Crippen LogP) is 2.19. The Kier molecular flexibility index (Phi) is 4.57. The second-order valence-electron chi connectivity index (χ2n) is 5.42. The third-order valence-corrected chi connectivity index (χ3v) is 3.64. The lowest BCUT2D eigenvalue weighted by Gasteiger charge is -2.15. The van der Waals surface area contributed by atoms with Crippen LogP contribution in [0, 0.1) is 11.8 Å². The fraction of sp³-hybridized carbons (Fsp3) is 0.600. The number of nitrogens with one attached hydrogen (secondary N) is 1. The average Bonchev–Trinajstić information content (AvgIpc) is 3.14. The molecule has 3 N–H and O–H groups in total. The maximum absolute atomic E-state index is 6.12. The Morgan fingerprint density at radius 1 is 1.24 bits per heavy atom. The van der Waals surface area contributed by atoms with Gasteiger partial charge in [0.2, 0.25) is 0 Å². The van der Waals surface area contributed by atoms with Crippen LogP contribution in [0.1, 0.15) is 25.3 Å². The molecule has 1 saturated carbocycles. The van der Waals surface area contributed by atoms with Crippen molar-refractivity contribution < 1.29 is 0 Å². The van der Waals surface area contributed by atoms with Crippen molar-refractivity contribution in [3.63, 3.8) is 0 Å². The zero-order valence-electron chi connectivity index (χ0n) is 10.7. The number of hydrogen-bond acceptors (Lipinski definition) is 2. The topological polar surface area (TPSA) is 38.0 Å². The van der Waals surface area contributed by atoms with Crippen LogP contribution in [0.2, 0.25) is 0 Å². The van der Waals surface area contributed by atoms with Gasteiger partial charge in [-0.2, -0.15) is 0 Å². The molecular weight excluding hydrogens is 208 g/mol. The van der Waals surface area contributed by atoms with Crippen LogP contribution in [0.15, 0.2) is 30.3 Å². The summed E-state index contributed by atoms with van der Waals surface area (Å²) in [7, 11) is 0. The van der Waals surface area contributed by atoms with Gasteiger partial charge < -0.3 is 11.1 Å². The summed E-state index contributed by atoms with van der Waals surface area (Å²) in [6, 6.07) is 10.7. The molecule has 0 spiro atoms. The highest BCUT2D eigenvalue weighted by molar-refractivity contribution is 5.15. The van der Waals surface area contributed by atoms with Crippen LogP contribution in [-0.4, -0.2) is 19.1 Å². The van der Waals surface area contributed by atoms with E-state index < -0.39 is 0 Å². The van der Waals surface area contributed by atoms with E-state index in [1.54, 1.807) is 0 Å². The molecule has 17 heavy (non-hydrogen) atoms. The molecule has 2 unspecified atom stereocenters. The van der Waals surface area contributed by atoms with Crippen molar-refractivity contribution in [2.75, 3.05) is 13.1 Å². The van der Waals surface area contributed by atoms with E-state index in [0.29, 0.717) is 0 Å². The molecule has 0 aliphatic heterocycles. The van der Waals surface area contributed by atoms with Crippen LogP contribution >= 0.6 is 0 Å². The largest absolute Gasteiger partial charge is 0.326 e. The molecule has 0 heterocycles. The van der Waals surface area contributed by atoms with Crippen molar-refractivity contribution >= 4 is 0 Å². The zero-order valence-corrected chi connectivity index (χ0v) is 10.7. The van der Waals surface area contributed by atoms with Crippen molar-refractivity contribution in [1.29, 1.82) is 0 Å². The summed E-state index contributed by atoms with van der Waals surface area (Å²) in [4.78, 5) is 0. The minimum absolute atomic E-state index is 0.226. The van der Waals surface area contributed by atoms with Gasteiger partial charge in [-0.3, -0.25) is 0 Å². The van der Waals surface area contributed by atoms with Crippen LogP contribution in [0.25, 0.3) is 0 Å². The molecule has 1 aromatic carbocycles. The second-order valence-corrected chi connectivity index (χ2v) is 5.42. The second kappa shape index (κ2) is 6.18. The Bertz CT molecular complexity index is 319. The molecule has 1 fully saturated rings. The molecule has 0 bridgehead atoms. The first-order valence-corrected chi connectivity index (χ1v) is 6.76. The summed E-state index contributed by atoms with van der Waals surface area (Å²) in [5, 5.41) is 3.50. The normalized spacial score (nSPS) is 18.9. The lowest BCUT2D eigenvalue weighted by atomic mass is 10.1. The van der Waals surface area contributed by atoms with E-state index >= 15 is 0 Å². The Morgan fingerprint density at radius 3 is 2.59 bits per heavy atom. The highest BCUT2D eigenvalue weighted by Gasteiger charge is 2.27. The molecule has 0 radical (unpaired) electrons. The molecule has 2 nitrogen and oxygen atoms in total. The third-order valence-electron chi connectivity index (χ3n) is 3.64. The van der Waals surface area contributed by atoms with Crippen LogP contribution in [0.3, 0.4) is 0 Å². The lowest BCUT2D eigenvalue weighted by molar-refractivity contribution is 0.447. The molecule has 2 heteroatoms. The smallest absolute Gasteiger partial charge is 0.0206 e. The van der Waals surface area contributed by atoms with Crippen molar-refractivity contribution in [2.45, 2.75) is 32.2 Å². The summed E-state index contributed by atoms with van der Waals surface area (Å²) >= 11 is 0. The lowest BCUT2D eigenvalue weighted by Crippen LogP contribution is -2.37. The average molecular weight is 232 g/mol. The van der Waals surface area contributed by atoms with Gasteiger partial charge in [0, 0.05) is 12.6 Å². The molecule has 1 aliphatic rings. The van der Waals surface area contributed by atoms with Crippen LogP contribution in [0.5, 0.6) is 0 Å². The predicted molar refractivity (Wildman–Crippen MR) is 72.9 cm³/mol. The van der Waals surface area contributed by atoms with E-state index in [1.807, 2.05) is 6.07 Å². The van der Waals surface area contributed by atoms with Gasteiger partial charge in [-0.1, -0.05) is 37.3 Å². The fourth-order valence-electron chi connectivity index (χ4n) is 2.32. The van der Waals surface area contributed by atoms with E-state index in [9.17, 15) is 0 Å². The van der Waals surface area contributed by atoms with Gasteiger partial charge in [-0.25, -0.2) is 0 Å². The molecule has 0 amide bonds. The number of rotatable bonds is 7. The van der Waals surface area contributed by atoms with Crippen molar-refractivity contribution in [2.24, 2.45) is 17.6 Å². The van der Waals surface area contributed by atoms with Gasteiger partial charge in [0.25, 0.3) is 0 Å². The van der Waals surface area contributed by atoms with Crippen LogP contribution in [0.4, 0.5) is 0 Å². The fourth-order valence-corrected chi connectivity index (χ4v) is 2.32. The van der Waals surface area contributed by atoms with E-state index in [-0.39, 0.29) is 6.04 Å². The Labute approximate surface area is 105 Å². The summed E-state index contributed by atoms with van der Waals surface area (Å²) in [6.45, 7) is 4.38. The minimum atomic E-state index is 0.226. The van der Waals surface area contributed by atoms with Crippen molar-refractivity contribution in [3.05, 3.63) is 35.9 Å². The molecule has 1 aliphatic carbocycles. The van der Waals surface area contributed by atoms with Crippen LogP contribution < -0.4 is 11.1 Å². The van der Waals surface area contributed by atoms with Gasteiger partial charge >= 0.3 is 0 Å². The molecule has 0 aromatic heterocycles. The standard InChI is InChI=1S/C15H24N2/c1-12(14-7-8-14)10-17-11-15(16)9-13-5-3-2-4-6-13/h2-6,12,14-15,17H,7-11,16H2,1H3. The first-order valence-electron chi connectivity index (χ1n) is 6.76. The third kappa shape index (κ3) is 4.49. The first kappa shape index (κ1) is 12.6. The quantitative estimate of drug-likeness (QED) is 0.756. The number of benzene rings is 1. The summed E-state index contributed by atoms with van der Waals surface area (Å²) in [6.07, 6.45) is 3.82. The van der Waals surface area contributed by atoms with Gasteiger partial charge in [0.15, 0.2) is 0 Å². The monoisotopic (exact) mass is 232 g/mol. The van der Waals surface area contributed by atoms with Crippen molar-refractivity contribution in [1.82, 2.24) is 5.32 Å². The Hall–Kier alpha value is -0.860. The van der Waals surface area contributed by atoms with Gasteiger partial charge in [0.1, 0.15) is 0 Å². The van der Waals surface area contributed by atoms with Gasteiger partial charge in [-0.15, -0.1) is 0 Å². The van der Waals surface area contributed by atoms with E-state index in [2.05, 4.69) is 36.5 Å². The summed E-state index contributed by atoms with van der Waals surface area (Å²) in [5.41, 5.74) is 7.45.